The summed E-state index contributed by atoms with van der Waals surface area (Å²) in [6, 6.07) is 18.7. The predicted molar refractivity (Wildman–Crippen MR) is 135 cm³/mol. The van der Waals surface area contributed by atoms with Gasteiger partial charge in [0.1, 0.15) is 18.0 Å². The Morgan fingerprint density at radius 1 is 1.09 bits per heavy atom. The molecule has 0 radical (unpaired) electrons. The largest absolute Gasteiger partial charge is 0.497 e. The summed E-state index contributed by atoms with van der Waals surface area (Å²) >= 11 is 5.46. The van der Waals surface area contributed by atoms with Gasteiger partial charge in [-0.3, -0.25) is 0 Å². The van der Waals surface area contributed by atoms with Gasteiger partial charge in [0, 0.05) is 17.4 Å². The second-order valence-corrected chi connectivity index (χ2v) is 8.65. The van der Waals surface area contributed by atoms with E-state index in [0.29, 0.717) is 29.8 Å². The Labute approximate surface area is 208 Å². The molecule has 4 atom stereocenters. The van der Waals surface area contributed by atoms with E-state index in [1.807, 2.05) is 36.4 Å². The van der Waals surface area contributed by atoms with E-state index >= 15 is 0 Å². The normalized spacial score (nSPS) is 22.6. The second kappa shape index (κ2) is 10.2. The highest BCUT2D eigenvalue weighted by molar-refractivity contribution is 7.80. The summed E-state index contributed by atoms with van der Waals surface area (Å²) in [5.74, 6) is 1.31. The second-order valence-electron chi connectivity index (χ2n) is 8.24. The van der Waals surface area contributed by atoms with Crippen molar-refractivity contribution in [1.29, 1.82) is 5.26 Å². The average molecular weight is 489 g/mol. The molecule has 35 heavy (non-hydrogen) atoms. The molecule has 3 N–H and O–H groups in total. The molecule has 0 unspecified atom stereocenters. The Morgan fingerprint density at radius 3 is 2.63 bits per heavy atom. The molecule has 9 nitrogen and oxygen atoms in total. The summed E-state index contributed by atoms with van der Waals surface area (Å²) in [7, 11) is 1.64. The zero-order valence-electron chi connectivity index (χ0n) is 19.0. The number of hydrogen-bond acceptors (Lipinski definition) is 8. The van der Waals surface area contributed by atoms with Crippen molar-refractivity contribution >= 4 is 29.0 Å². The van der Waals surface area contributed by atoms with Crippen LogP contribution in [0.4, 0.5) is 11.6 Å². The minimum absolute atomic E-state index is 0.0910. The summed E-state index contributed by atoms with van der Waals surface area (Å²) in [4.78, 5) is 9.04. The monoisotopic (exact) mass is 488 g/mol. The lowest BCUT2D eigenvalue weighted by Crippen LogP contribution is -2.46. The van der Waals surface area contributed by atoms with Gasteiger partial charge in [0.05, 0.1) is 49.7 Å². The van der Waals surface area contributed by atoms with Crippen molar-refractivity contribution in [3.8, 4) is 23.1 Å². The van der Waals surface area contributed by atoms with Crippen LogP contribution < -0.4 is 20.7 Å². The lowest BCUT2D eigenvalue weighted by molar-refractivity contribution is 0.0689. The Kier molecular flexibility index (Phi) is 6.72. The minimum Gasteiger partial charge on any atom is -0.497 e. The van der Waals surface area contributed by atoms with Crippen LogP contribution in [0.15, 0.2) is 60.8 Å². The maximum Gasteiger partial charge on any atom is 0.223 e. The van der Waals surface area contributed by atoms with Crippen LogP contribution in [0.25, 0.3) is 11.3 Å². The van der Waals surface area contributed by atoms with Gasteiger partial charge >= 0.3 is 0 Å². The van der Waals surface area contributed by atoms with Crippen molar-refractivity contribution in [2.75, 3.05) is 31.0 Å². The van der Waals surface area contributed by atoms with Crippen LogP contribution in [-0.2, 0) is 9.47 Å². The van der Waals surface area contributed by atoms with Gasteiger partial charge in [-0.05, 0) is 60.7 Å². The van der Waals surface area contributed by atoms with Crippen LogP contribution in [0.5, 0.6) is 5.75 Å². The van der Waals surface area contributed by atoms with Crippen molar-refractivity contribution in [2.45, 2.75) is 24.3 Å². The maximum atomic E-state index is 9.07. The molecular weight excluding hydrogens is 464 g/mol. The number of rotatable bonds is 6. The van der Waals surface area contributed by atoms with Crippen molar-refractivity contribution in [3.05, 3.63) is 66.4 Å². The number of thiocarbonyl (C=S) groups is 1. The topological polar surface area (TPSA) is 113 Å². The Hall–Kier alpha value is -3.78. The van der Waals surface area contributed by atoms with Crippen molar-refractivity contribution in [2.24, 2.45) is 0 Å². The molecule has 0 aliphatic carbocycles. The van der Waals surface area contributed by atoms with E-state index in [0.717, 1.165) is 22.7 Å². The fraction of sp³-hybridized carbons (Fsp3) is 0.280. The number of nitrogens with zero attached hydrogens (tertiary/aromatic N) is 3. The molecule has 0 spiro atoms. The van der Waals surface area contributed by atoms with E-state index in [1.54, 1.807) is 31.5 Å². The Morgan fingerprint density at radius 2 is 1.86 bits per heavy atom. The predicted octanol–water partition coefficient (Wildman–Crippen LogP) is 2.96. The smallest absolute Gasteiger partial charge is 0.223 e. The number of nitrogens with one attached hydrogen (secondary N) is 3. The van der Waals surface area contributed by atoms with Gasteiger partial charge in [-0.1, -0.05) is 6.07 Å². The SMILES string of the molecule is COc1ccc(-c2ccnc(N[C@@H]3CO[C@@H]4[C@@H]3OC[C@@H]4NC(=S)Nc3cccc(C#N)c3)n2)cc1. The zero-order valence-corrected chi connectivity index (χ0v) is 19.8. The lowest BCUT2D eigenvalue weighted by Gasteiger charge is -2.20. The first kappa shape index (κ1) is 23.0. The molecule has 10 heteroatoms. The first-order valence-corrected chi connectivity index (χ1v) is 11.6. The molecule has 1 aromatic heterocycles. The molecule has 178 valence electrons. The number of anilines is 2. The van der Waals surface area contributed by atoms with E-state index < -0.39 is 0 Å². The van der Waals surface area contributed by atoms with E-state index in [9.17, 15) is 0 Å². The van der Waals surface area contributed by atoms with Gasteiger partial charge in [-0.25, -0.2) is 9.97 Å². The van der Waals surface area contributed by atoms with Crippen LogP contribution in [0.2, 0.25) is 0 Å². The van der Waals surface area contributed by atoms with Crippen LogP contribution in [0.3, 0.4) is 0 Å². The summed E-state index contributed by atoms with van der Waals surface area (Å²) in [5.41, 5.74) is 3.09. The van der Waals surface area contributed by atoms with Crippen molar-refractivity contribution in [3.63, 3.8) is 0 Å². The number of methoxy groups -OCH3 is 1. The summed E-state index contributed by atoms with van der Waals surface area (Å²) in [6.07, 6.45) is 1.40. The molecule has 2 aromatic carbocycles. The fourth-order valence-electron chi connectivity index (χ4n) is 4.27. The van der Waals surface area contributed by atoms with Gasteiger partial charge < -0.3 is 30.2 Å². The van der Waals surface area contributed by atoms with E-state index in [2.05, 4.69) is 32.0 Å². The van der Waals surface area contributed by atoms with Crippen LogP contribution in [0.1, 0.15) is 5.56 Å². The summed E-state index contributed by atoms with van der Waals surface area (Å²) in [6.45, 7) is 0.925. The summed E-state index contributed by atoms with van der Waals surface area (Å²) < 4.78 is 17.3. The molecule has 0 saturated carbocycles. The van der Waals surface area contributed by atoms with Crippen LogP contribution >= 0.6 is 12.2 Å². The molecule has 2 fully saturated rings. The van der Waals surface area contributed by atoms with Crippen molar-refractivity contribution in [1.82, 2.24) is 15.3 Å². The summed E-state index contributed by atoms with van der Waals surface area (Å²) in [5, 5.41) is 19.3. The third-order valence-corrected chi connectivity index (χ3v) is 6.20. The third-order valence-electron chi connectivity index (χ3n) is 5.98. The molecule has 3 heterocycles. The van der Waals surface area contributed by atoms with E-state index in [4.69, 9.17) is 31.7 Å². The quantitative estimate of drug-likeness (QED) is 0.448. The minimum atomic E-state index is -0.164. The number of aromatic nitrogens is 2. The molecule has 0 bridgehead atoms. The molecule has 0 amide bonds. The van der Waals surface area contributed by atoms with Gasteiger partial charge in [-0.2, -0.15) is 5.26 Å². The van der Waals surface area contributed by atoms with Crippen molar-refractivity contribution < 1.29 is 14.2 Å². The zero-order chi connectivity index (χ0) is 24.2. The van der Waals surface area contributed by atoms with Crippen LogP contribution in [0, 0.1) is 11.3 Å². The number of ether oxygens (including phenoxy) is 3. The molecule has 3 aromatic rings. The number of hydrogen-bond donors (Lipinski definition) is 3. The standard InChI is InChI=1S/C25H24N6O3S/c1-32-18-7-5-16(6-8-18)19-9-10-27-24(29-19)30-20-13-33-23-21(14-34-22(20)23)31-25(35)28-17-4-2-3-15(11-17)12-26/h2-11,20-23H,13-14H2,1H3,(H,27,29,30)(H2,28,31,35)/t20-,21+,22-,23+/m1/s1. The van der Waals surface area contributed by atoms with Gasteiger partial charge in [-0.15, -0.1) is 0 Å². The highest BCUT2D eigenvalue weighted by Crippen LogP contribution is 2.29. The molecule has 2 aliphatic rings. The van der Waals surface area contributed by atoms with Gasteiger partial charge in [0.25, 0.3) is 0 Å². The lowest BCUT2D eigenvalue weighted by atomic mass is 10.1. The Bertz CT molecular complexity index is 1250. The molecular formula is C25H24N6O3S. The number of nitriles is 1. The number of fused-ring (bicyclic) bond motifs is 1. The van der Waals surface area contributed by atoms with Gasteiger partial charge in [0.15, 0.2) is 5.11 Å². The first-order valence-electron chi connectivity index (χ1n) is 11.2. The Balaban J connectivity index is 1.19. The molecule has 2 saturated heterocycles. The highest BCUT2D eigenvalue weighted by atomic mass is 32.1. The average Bonchev–Trinajstić information content (AvgIpc) is 3.47. The highest BCUT2D eigenvalue weighted by Gasteiger charge is 2.48. The van der Waals surface area contributed by atoms with Gasteiger partial charge in [0.2, 0.25) is 5.95 Å². The van der Waals surface area contributed by atoms with E-state index in [1.165, 1.54) is 0 Å². The number of benzene rings is 2. The van der Waals surface area contributed by atoms with E-state index in [-0.39, 0.29) is 24.3 Å². The van der Waals surface area contributed by atoms with Crippen LogP contribution in [-0.4, -0.2) is 59.7 Å². The molecule has 5 rings (SSSR count). The first-order chi connectivity index (χ1) is 17.1. The maximum absolute atomic E-state index is 9.07. The molecule has 2 aliphatic heterocycles. The third kappa shape index (κ3) is 5.17. The fourth-order valence-corrected chi connectivity index (χ4v) is 4.53.